The van der Waals surface area contributed by atoms with Gasteiger partial charge in [0.15, 0.2) is 0 Å². The van der Waals surface area contributed by atoms with E-state index in [2.05, 4.69) is 65.9 Å². The summed E-state index contributed by atoms with van der Waals surface area (Å²) in [4.78, 5) is 31.8. The molecule has 0 aliphatic heterocycles. The maximum absolute atomic E-state index is 11.4. The summed E-state index contributed by atoms with van der Waals surface area (Å²) in [5.41, 5.74) is 3.24. The van der Waals surface area contributed by atoms with Gasteiger partial charge in [-0.3, -0.25) is 4.79 Å². The number of ether oxygens (including phenoxy) is 2. The number of carbonyl (C=O) groups is 3. The van der Waals surface area contributed by atoms with Gasteiger partial charge in [0.25, 0.3) is 0 Å². The first-order valence-electron chi connectivity index (χ1n) is 9.97. The summed E-state index contributed by atoms with van der Waals surface area (Å²) < 4.78 is 11.7. The third kappa shape index (κ3) is 11.5. The summed E-state index contributed by atoms with van der Waals surface area (Å²) in [7, 11) is 5.55. The summed E-state index contributed by atoms with van der Waals surface area (Å²) in [6.07, 6.45) is 5.64. The lowest BCUT2D eigenvalue weighted by atomic mass is 10.1. The average molecular weight is 569 g/mol. The maximum Gasteiger partial charge on any atom is 0.414 e. The first kappa shape index (κ1) is 28.1. The minimum atomic E-state index is -1.82. The molecule has 0 radical (unpaired) electrons. The van der Waals surface area contributed by atoms with Crippen LogP contribution in [-0.2, 0) is 32.1 Å². The standard InChI is InChI=1S/C22H26INO3.C2H2O4/c1-24(2)13-7-6-9-18-8-4-5-10-19(18)16-27-21-12-11-17(14-20(21)23)15-22(25)26-3;3-1(4)2(5)6/h4-6,8-12,14H,7,13,15-16H2,1-3H3;(H,3,4)(H,5,6). The van der Waals surface area contributed by atoms with E-state index in [0.717, 1.165) is 33.4 Å². The normalized spacial score (nSPS) is 10.5. The Morgan fingerprint density at radius 1 is 1.06 bits per heavy atom. The molecule has 33 heavy (non-hydrogen) atoms. The number of aliphatic carboxylic acids is 2. The van der Waals surface area contributed by atoms with Gasteiger partial charge in [-0.2, -0.15) is 0 Å². The smallest absolute Gasteiger partial charge is 0.414 e. The van der Waals surface area contributed by atoms with Crippen LogP contribution in [0.3, 0.4) is 0 Å². The molecule has 0 aliphatic rings. The van der Waals surface area contributed by atoms with E-state index < -0.39 is 11.9 Å². The molecule has 0 saturated carbocycles. The number of nitrogens with zero attached hydrogens (tertiary/aromatic N) is 1. The Morgan fingerprint density at radius 3 is 2.30 bits per heavy atom. The number of hydrogen-bond donors (Lipinski definition) is 2. The molecule has 2 N–H and O–H groups in total. The molecule has 0 unspecified atom stereocenters. The second kappa shape index (κ2) is 15.0. The minimum Gasteiger partial charge on any atom is -0.488 e. The Hall–Kier alpha value is -2.92. The van der Waals surface area contributed by atoms with Gasteiger partial charge in [-0.05, 0) is 71.9 Å². The SMILES string of the molecule is COC(=O)Cc1ccc(OCc2ccccc2C=CCCN(C)C)c(I)c1.O=C(O)C(=O)O. The Balaban J connectivity index is 0.000000801. The Kier molecular flexibility index (Phi) is 12.8. The van der Waals surface area contributed by atoms with Crippen molar-refractivity contribution in [1.29, 1.82) is 0 Å². The molecule has 2 rings (SSSR count). The molecule has 0 amide bonds. The van der Waals surface area contributed by atoms with Crippen LogP contribution >= 0.6 is 22.6 Å². The highest BCUT2D eigenvalue weighted by Gasteiger charge is 2.08. The highest BCUT2D eigenvalue weighted by Crippen LogP contribution is 2.24. The predicted octanol–water partition coefficient (Wildman–Crippen LogP) is 3.71. The molecule has 2 aromatic carbocycles. The second-order valence-electron chi connectivity index (χ2n) is 7.11. The summed E-state index contributed by atoms with van der Waals surface area (Å²) in [6.45, 7) is 1.53. The Labute approximate surface area is 207 Å². The zero-order valence-electron chi connectivity index (χ0n) is 18.8. The van der Waals surface area contributed by atoms with Gasteiger partial charge in [-0.15, -0.1) is 0 Å². The van der Waals surface area contributed by atoms with Gasteiger partial charge in [-0.1, -0.05) is 42.5 Å². The van der Waals surface area contributed by atoms with Crippen LogP contribution in [-0.4, -0.2) is 60.8 Å². The third-order valence-corrected chi connectivity index (χ3v) is 5.08. The molecule has 0 aromatic heterocycles. The van der Waals surface area contributed by atoms with Crippen molar-refractivity contribution in [2.75, 3.05) is 27.7 Å². The maximum atomic E-state index is 11.4. The van der Waals surface area contributed by atoms with Crippen molar-refractivity contribution in [3.8, 4) is 5.75 Å². The van der Waals surface area contributed by atoms with Crippen LogP contribution in [0, 0.1) is 3.57 Å². The second-order valence-corrected chi connectivity index (χ2v) is 8.27. The molecule has 0 atom stereocenters. The van der Waals surface area contributed by atoms with Gasteiger partial charge in [0.1, 0.15) is 12.4 Å². The Bertz CT molecular complexity index is 961. The zero-order chi connectivity index (χ0) is 24.8. The summed E-state index contributed by atoms with van der Waals surface area (Å²) >= 11 is 2.23. The highest BCUT2D eigenvalue weighted by atomic mass is 127. The number of benzene rings is 2. The summed E-state index contributed by atoms with van der Waals surface area (Å²) in [5, 5.41) is 14.8. The van der Waals surface area contributed by atoms with Crippen molar-refractivity contribution in [3.63, 3.8) is 0 Å². The fraction of sp³-hybridized carbons (Fsp3) is 0.292. The fourth-order valence-corrected chi connectivity index (χ4v) is 3.27. The van der Waals surface area contributed by atoms with Crippen molar-refractivity contribution in [2.45, 2.75) is 19.4 Å². The van der Waals surface area contributed by atoms with E-state index in [-0.39, 0.29) is 12.4 Å². The molecule has 9 heteroatoms. The number of esters is 1. The molecule has 178 valence electrons. The van der Waals surface area contributed by atoms with Gasteiger partial charge < -0.3 is 24.6 Å². The van der Waals surface area contributed by atoms with Gasteiger partial charge in [0.05, 0.1) is 17.1 Å². The molecular formula is C24H28INO7. The number of rotatable bonds is 9. The molecular weight excluding hydrogens is 541 g/mol. The molecule has 8 nitrogen and oxygen atoms in total. The molecule has 0 fully saturated rings. The average Bonchev–Trinajstić information content (AvgIpc) is 2.77. The molecule has 0 aliphatic carbocycles. The Morgan fingerprint density at radius 2 is 1.73 bits per heavy atom. The van der Waals surface area contributed by atoms with Crippen molar-refractivity contribution in [3.05, 3.63) is 68.8 Å². The van der Waals surface area contributed by atoms with E-state index in [9.17, 15) is 4.79 Å². The zero-order valence-corrected chi connectivity index (χ0v) is 20.9. The quantitative estimate of drug-likeness (QED) is 0.267. The lowest BCUT2D eigenvalue weighted by Gasteiger charge is -2.12. The molecule has 2 aromatic rings. The highest BCUT2D eigenvalue weighted by molar-refractivity contribution is 14.1. The topological polar surface area (TPSA) is 113 Å². The number of carboxylic acid groups (broad SMARTS) is 2. The van der Waals surface area contributed by atoms with E-state index in [0.29, 0.717) is 6.61 Å². The van der Waals surface area contributed by atoms with Crippen LogP contribution in [0.5, 0.6) is 5.75 Å². The molecule has 0 bridgehead atoms. The third-order valence-electron chi connectivity index (χ3n) is 4.23. The minimum absolute atomic E-state index is 0.241. The van der Waals surface area contributed by atoms with Crippen LogP contribution in [0.2, 0.25) is 0 Å². The first-order valence-corrected chi connectivity index (χ1v) is 11.0. The fourth-order valence-electron chi connectivity index (χ4n) is 2.54. The monoisotopic (exact) mass is 569 g/mol. The van der Waals surface area contributed by atoms with E-state index in [4.69, 9.17) is 29.3 Å². The molecule has 0 saturated heterocycles. The van der Waals surface area contributed by atoms with Gasteiger partial charge >= 0.3 is 17.9 Å². The lowest BCUT2D eigenvalue weighted by molar-refractivity contribution is -0.159. The number of halogens is 1. The van der Waals surface area contributed by atoms with Crippen LogP contribution in [0.25, 0.3) is 6.08 Å². The molecule has 0 heterocycles. The van der Waals surface area contributed by atoms with Crippen molar-refractivity contribution < 1.29 is 34.1 Å². The van der Waals surface area contributed by atoms with Crippen molar-refractivity contribution in [1.82, 2.24) is 4.90 Å². The van der Waals surface area contributed by atoms with E-state index >= 15 is 0 Å². The van der Waals surface area contributed by atoms with Crippen LogP contribution < -0.4 is 4.74 Å². The van der Waals surface area contributed by atoms with Crippen LogP contribution in [0.15, 0.2) is 48.5 Å². The van der Waals surface area contributed by atoms with Crippen LogP contribution in [0.1, 0.15) is 23.1 Å². The first-order chi connectivity index (χ1) is 15.6. The predicted molar refractivity (Wildman–Crippen MR) is 133 cm³/mol. The summed E-state index contributed by atoms with van der Waals surface area (Å²) in [5.74, 6) is -3.07. The van der Waals surface area contributed by atoms with Crippen molar-refractivity contribution in [2.24, 2.45) is 0 Å². The van der Waals surface area contributed by atoms with Crippen molar-refractivity contribution >= 4 is 46.6 Å². The number of hydrogen-bond acceptors (Lipinski definition) is 6. The number of carboxylic acids is 2. The number of carbonyl (C=O) groups excluding carboxylic acids is 1. The van der Waals surface area contributed by atoms with Gasteiger partial charge in [0.2, 0.25) is 0 Å². The van der Waals surface area contributed by atoms with E-state index in [1.54, 1.807) is 0 Å². The largest absolute Gasteiger partial charge is 0.488 e. The number of methoxy groups -OCH3 is 1. The molecule has 0 spiro atoms. The van der Waals surface area contributed by atoms with Gasteiger partial charge in [-0.25, -0.2) is 9.59 Å². The van der Waals surface area contributed by atoms with Gasteiger partial charge in [0, 0.05) is 6.54 Å². The summed E-state index contributed by atoms with van der Waals surface area (Å²) in [6, 6.07) is 14.0. The lowest BCUT2D eigenvalue weighted by Crippen LogP contribution is -2.11. The van der Waals surface area contributed by atoms with E-state index in [1.807, 2.05) is 30.3 Å². The van der Waals surface area contributed by atoms with Crippen LogP contribution in [0.4, 0.5) is 0 Å². The van der Waals surface area contributed by atoms with E-state index in [1.165, 1.54) is 12.7 Å².